The second-order valence-electron chi connectivity index (χ2n) is 8.86. The Morgan fingerprint density at radius 1 is 1.12 bits per heavy atom. The maximum absolute atomic E-state index is 12.8. The predicted octanol–water partition coefficient (Wildman–Crippen LogP) is 2.13. The number of hydrogen-bond donors (Lipinski definition) is 2. The zero-order chi connectivity index (χ0) is 23.2. The molecule has 0 saturated carbocycles. The largest absolute Gasteiger partial charge is 0.444 e. The van der Waals surface area contributed by atoms with E-state index < -0.39 is 23.1 Å². The number of carbonyl (C=O) groups is 1. The monoisotopic (exact) mass is 462 g/mol. The van der Waals surface area contributed by atoms with Crippen LogP contribution in [-0.4, -0.2) is 63.5 Å². The Morgan fingerprint density at radius 3 is 2.41 bits per heavy atom. The maximum atomic E-state index is 12.8. The van der Waals surface area contributed by atoms with E-state index in [9.17, 15) is 14.4 Å². The molecule has 172 valence electrons. The third-order valence-corrected chi connectivity index (χ3v) is 5.79. The van der Waals surface area contributed by atoms with Gasteiger partial charge in [0.15, 0.2) is 12.0 Å². The molecule has 1 unspecified atom stereocenters. The Labute approximate surface area is 190 Å². The number of ether oxygens (including phenoxy) is 1. The average molecular weight is 463 g/mol. The van der Waals surface area contributed by atoms with Gasteiger partial charge in [0.1, 0.15) is 11.4 Å². The number of rotatable bonds is 2. The van der Waals surface area contributed by atoms with Crippen LogP contribution in [0.3, 0.4) is 0 Å². The van der Waals surface area contributed by atoms with Gasteiger partial charge in [-0.05, 0) is 32.9 Å². The summed E-state index contributed by atoms with van der Waals surface area (Å²) in [6.07, 6.45) is -0.804. The highest BCUT2D eigenvalue weighted by molar-refractivity contribution is 6.33. The van der Waals surface area contributed by atoms with Crippen molar-refractivity contribution >= 4 is 34.9 Å². The summed E-state index contributed by atoms with van der Waals surface area (Å²) in [4.78, 5) is 45.4. The Kier molecular flexibility index (Phi) is 5.68. The number of benzene rings is 1. The first kappa shape index (κ1) is 22.2. The summed E-state index contributed by atoms with van der Waals surface area (Å²) in [6, 6.07) is 7.23. The molecule has 2 N–H and O–H groups in total. The van der Waals surface area contributed by atoms with Crippen LogP contribution in [0.5, 0.6) is 0 Å². The van der Waals surface area contributed by atoms with Crippen LogP contribution in [0.15, 0.2) is 33.9 Å². The van der Waals surface area contributed by atoms with Crippen molar-refractivity contribution in [1.82, 2.24) is 19.4 Å². The van der Waals surface area contributed by atoms with Gasteiger partial charge in [0.2, 0.25) is 0 Å². The second-order valence-corrected chi connectivity index (χ2v) is 9.27. The van der Waals surface area contributed by atoms with Gasteiger partial charge in [-0.2, -0.15) is 0 Å². The van der Waals surface area contributed by atoms with Crippen LogP contribution >= 0.6 is 11.6 Å². The van der Waals surface area contributed by atoms with Crippen LogP contribution in [0.25, 0.3) is 0 Å². The van der Waals surface area contributed by atoms with Gasteiger partial charge in [0, 0.05) is 33.2 Å². The molecule has 0 bridgehead atoms. The summed E-state index contributed by atoms with van der Waals surface area (Å²) in [7, 11) is 1.59. The second kappa shape index (κ2) is 8.18. The van der Waals surface area contributed by atoms with Crippen molar-refractivity contribution in [1.29, 1.82) is 0 Å². The van der Waals surface area contributed by atoms with E-state index >= 15 is 0 Å². The van der Waals surface area contributed by atoms with E-state index in [1.54, 1.807) is 22.9 Å². The summed E-state index contributed by atoms with van der Waals surface area (Å²) in [5.74, 6) is 0.415. The minimum Gasteiger partial charge on any atom is -0.444 e. The van der Waals surface area contributed by atoms with E-state index in [0.29, 0.717) is 48.4 Å². The topological polar surface area (TPSA) is 103 Å². The molecule has 10 nitrogen and oxygen atoms in total. The first-order valence-corrected chi connectivity index (χ1v) is 10.8. The summed E-state index contributed by atoms with van der Waals surface area (Å²) >= 11 is 6.49. The van der Waals surface area contributed by atoms with E-state index in [0.717, 1.165) is 0 Å². The maximum Gasteiger partial charge on any atom is 0.410 e. The van der Waals surface area contributed by atoms with Crippen LogP contribution in [0.2, 0.25) is 5.02 Å². The number of carbonyl (C=O) groups excluding carboxylic acids is 1. The number of para-hydroxylation sites is 1. The fraction of sp³-hybridized carbons (Fsp3) is 0.476. The van der Waals surface area contributed by atoms with Crippen molar-refractivity contribution in [3.63, 3.8) is 0 Å². The summed E-state index contributed by atoms with van der Waals surface area (Å²) < 4.78 is 6.85. The Morgan fingerprint density at radius 2 is 1.78 bits per heavy atom. The van der Waals surface area contributed by atoms with Gasteiger partial charge < -0.3 is 15.0 Å². The molecule has 1 amide bonds. The molecule has 1 atom stereocenters. The van der Waals surface area contributed by atoms with Gasteiger partial charge in [0.25, 0.3) is 5.56 Å². The van der Waals surface area contributed by atoms with Crippen LogP contribution in [0.4, 0.5) is 22.0 Å². The van der Waals surface area contributed by atoms with Crippen molar-refractivity contribution in [3.8, 4) is 0 Å². The Bertz CT molecular complexity index is 1150. The molecule has 2 aliphatic rings. The zero-order valence-electron chi connectivity index (χ0n) is 18.5. The van der Waals surface area contributed by atoms with Gasteiger partial charge in [-0.3, -0.25) is 24.1 Å². The highest BCUT2D eigenvalue weighted by atomic mass is 35.5. The number of nitrogens with zero attached hydrogens (tertiary/aromatic N) is 4. The molecule has 32 heavy (non-hydrogen) atoms. The van der Waals surface area contributed by atoms with E-state index in [1.807, 2.05) is 39.0 Å². The van der Waals surface area contributed by atoms with Crippen molar-refractivity contribution in [2.24, 2.45) is 7.05 Å². The predicted molar refractivity (Wildman–Crippen MR) is 123 cm³/mol. The zero-order valence-corrected chi connectivity index (χ0v) is 19.3. The summed E-state index contributed by atoms with van der Waals surface area (Å²) in [5, 5.41) is 3.79. The van der Waals surface area contributed by atoms with E-state index in [4.69, 9.17) is 16.3 Å². The number of piperazine rings is 1. The lowest BCUT2D eigenvalue weighted by Crippen LogP contribution is -2.57. The number of halogens is 1. The number of H-pyrrole nitrogens is 1. The molecule has 4 rings (SSSR count). The van der Waals surface area contributed by atoms with Gasteiger partial charge in [-0.15, -0.1) is 0 Å². The highest BCUT2D eigenvalue weighted by Gasteiger charge is 2.40. The van der Waals surface area contributed by atoms with Crippen LogP contribution in [0.1, 0.15) is 20.8 Å². The molecule has 1 aromatic carbocycles. The lowest BCUT2D eigenvalue weighted by Gasteiger charge is -2.41. The molecule has 0 radical (unpaired) electrons. The summed E-state index contributed by atoms with van der Waals surface area (Å²) in [6.45, 7) is 7.53. The number of amides is 1. The fourth-order valence-electron chi connectivity index (χ4n) is 3.94. The first-order valence-electron chi connectivity index (χ1n) is 10.4. The molecule has 0 aliphatic carbocycles. The molecular formula is C21H27ClN6O4. The smallest absolute Gasteiger partial charge is 0.410 e. The molecule has 1 fully saturated rings. The van der Waals surface area contributed by atoms with E-state index in [1.165, 1.54) is 4.57 Å². The number of aromatic amines is 1. The molecule has 11 heteroatoms. The minimum atomic E-state index is -0.560. The van der Waals surface area contributed by atoms with Crippen LogP contribution in [-0.2, 0) is 11.8 Å². The SMILES string of the molecule is Cn1c2c(c(=O)[nH]c1=O)N(c1ccccc1Cl)C(N1CCN(C(=O)OC(C)(C)C)CC1)N2. The Balaban J connectivity index is 1.64. The van der Waals surface area contributed by atoms with Crippen molar-refractivity contribution in [3.05, 3.63) is 50.1 Å². The number of hydrogen-bond acceptors (Lipinski definition) is 7. The van der Waals surface area contributed by atoms with Crippen LogP contribution in [0, 0.1) is 0 Å². The number of aromatic nitrogens is 2. The lowest BCUT2D eigenvalue weighted by atomic mass is 10.2. The number of anilines is 3. The average Bonchev–Trinajstić information content (AvgIpc) is 3.12. The van der Waals surface area contributed by atoms with Crippen LogP contribution < -0.4 is 21.5 Å². The van der Waals surface area contributed by atoms with Gasteiger partial charge in [-0.25, -0.2) is 9.59 Å². The number of fused-ring (bicyclic) bond motifs is 1. The molecule has 1 aromatic heterocycles. The first-order chi connectivity index (χ1) is 15.1. The van der Waals surface area contributed by atoms with Gasteiger partial charge >= 0.3 is 11.8 Å². The molecule has 3 heterocycles. The van der Waals surface area contributed by atoms with Gasteiger partial charge in [0.05, 0.1) is 10.7 Å². The normalized spacial score (nSPS) is 19.0. The van der Waals surface area contributed by atoms with E-state index in [2.05, 4.69) is 15.2 Å². The minimum absolute atomic E-state index is 0.319. The van der Waals surface area contributed by atoms with Crippen molar-refractivity contribution in [2.45, 2.75) is 32.7 Å². The standard InChI is InChI=1S/C21H27ClN6O4/c1-21(2,3)32-20(31)27-11-9-26(10-12-27)18-23-16-15(17(29)24-19(30)25(16)4)28(18)14-8-6-5-7-13(14)22/h5-8,18,23H,9-12H2,1-4H3,(H,24,29,30). The quantitative estimate of drug-likeness (QED) is 0.704. The molecule has 2 aromatic rings. The third kappa shape index (κ3) is 4.07. The fourth-order valence-corrected chi connectivity index (χ4v) is 4.16. The van der Waals surface area contributed by atoms with Crippen molar-refractivity contribution < 1.29 is 9.53 Å². The lowest BCUT2D eigenvalue weighted by molar-refractivity contribution is 0.0120. The third-order valence-electron chi connectivity index (χ3n) is 5.47. The molecule has 2 aliphatic heterocycles. The van der Waals surface area contributed by atoms with Gasteiger partial charge in [-0.1, -0.05) is 23.7 Å². The Hall–Kier alpha value is -2.98. The summed E-state index contributed by atoms with van der Waals surface area (Å²) in [5.41, 5.74) is -0.597. The van der Waals surface area contributed by atoms with E-state index in [-0.39, 0.29) is 6.09 Å². The number of nitrogens with one attached hydrogen (secondary N) is 2. The molecule has 0 spiro atoms. The van der Waals surface area contributed by atoms with Crippen molar-refractivity contribution in [2.75, 3.05) is 36.4 Å². The highest BCUT2D eigenvalue weighted by Crippen LogP contribution is 2.40. The molecule has 1 saturated heterocycles. The molecular weight excluding hydrogens is 436 g/mol.